The highest BCUT2D eigenvalue weighted by Crippen LogP contribution is 2.37. The molecule has 0 atom stereocenters. The molecule has 0 spiro atoms. The van der Waals surface area contributed by atoms with Gasteiger partial charge in [0.15, 0.2) is 0 Å². The van der Waals surface area contributed by atoms with Gasteiger partial charge in [0.25, 0.3) is 0 Å². The molecular weight excluding hydrogens is 316 g/mol. The van der Waals surface area contributed by atoms with Gasteiger partial charge in [0, 0.05) is 23.2 Å². The van der Waals surface area contributed by atoms with E-state index < -0.39 is 0 Å². The highest BCUT2D eigenvalue weighted by Gasteiger charge is 2.17. The van der Waals surface area contributed by atoms with E-state index in [1.165, 1.54) is 0 Å². The molecular formula is C16H17BrN2O. The van der Waals surface area contributed by atoms with E-state index in [1.54, 1.807) is 0 Å². The lowest BCUT2D eigenvalue weighted by molar-refractivity contribution is 0.322. The van der Waals surface area contributed by atoms with Crippen molar-refractivity contribution in [2.75, 3.05) is 18.1 Å². The normalized spacial score (nSPS) is 14.4. The van der Waals surface area contributed by atoms with Gasteiger partial charge in [0.1, 0.15) is 5.75 Å². The fourth-order valence-electron chi connectivity index (χ4n) is 2.47. The van der Waals surface area contributed by atoms with Crippen LogP contribution in [0.2, 0.25) is 0 Å². The van der Waals surface area contributed by atoms with Crippen molar-refractivity contribution >= 4 is 27.3 Å². The van der Waals surface area contributed by atoms with Crippen LogP contribution in [0.3, 0.4) is 0 Å². The molecule has 0 saturated carbocycles. The number of hydrogen-bond acceptors (Lipinski definition) is 3. The third kappa shape index (κ3) is 2.53. The minimum Gasteiger partial charge on any atom is -0.491 e. The molecule has 0 radical (unpaired) electrons. The molecule has 1 aliphatic heterocycles. The van der Waals surface area contributed by atoms with E-state index in [2.05, 4.69) is 45.1 Å². The second-order valence-corrected chi connectivity index (χ2v) is 5.66. The maximum atomic E-state index is 5.80. The standard InChI is InChI=1S/C16H17BrN2O/c17-14-10-13(7-6-12(14)11-18)19-8-3-9-20-16-5-2-1-4-15(16)19/h1-2,4-7,10H,3,8-9,11,18H2. The van der Waals surface area contributed by atoms with Gasteiger partial charge >= 0.3 is 0 Å². The molecule has 0 fully saturated rings. The molecule has 0 unspecified atom stereocenters. The number of anilines is 2. The molecule has 2 aromatic rings. The van der Waals surface area contributed by atoms with Crippen molar-refractivity contribution in [3.63, 3.8) is 0 Å². The third-order valence-corrected chi connectivity index (χ3v) is 4.25. The first-order chi connectivity index (χ1) is 9.79. The molecule has 0 bridgehead atoms. The molecule has 4 heteroatoms. The van der Waals surface area contributed by atoms with Crippen LogP contribution in [0.5, 0.6) is 5.75 Å². The monoisotopic (exact) mass is 332 g/mol. The van der Waals surface area contributed by atoms with Crippen LogP contribution in [0.1, 0.15) is 12.0 Å². The zero-order valence-corrected chi connectivity index (χ0v) is 12.8. The highest BCUT2D eigenvalue weighted by atomic mass is 79.9. The van der Waals surface area contributed by atoms with E-state index >= 15 is 0 Å². The minimum absolute atomic E-state index is 0.542. The average Bonchev–Trinajstić information content (AvgIpc) is 2.69. The van der Waals surface area contributed by atoms with Gasteiger partial charge in [-0.15, -0.1) is 0 Å². The summed E-state index contributed by atoms with van der Waals surface area (Å²) in [6.07, 6.45) is 1.00. The summed E-state index contributed by atoms with van der Waals surface area (Å²) in [4.78, 5) is 2.30. The minimum atomic E-state index is 0.542. The number of para-hydroxylation sites is 2. The smallest absolute Gasteiger partial charge is 0.142 e. The van der Waals surface area contributed by atoms with Crippen molar-refractivity contribution in [3.05, 3.63) is 52.5 Å². The molecule has 3 rings (SSSR count). The number of nitrogens with zero attached hydrogens (tertiary/aromatic N) is 1. The number of ether oxygens (including phenoxy) is 1. The number of hydrogen-bond donors (Lipinski definition) is 1. The quantitative estimate of drug-likeness (QED) is 0.908. The van der Waals surface area contributed by atoms with E-state index in [0.29, 0.717) is 6.54 Å². The Balaban J connectivity index is 2.03. The maximum absolute atomic E-state index is 5.80. The van der Waals surface area contributed by atoms with Crippen LogP contribution in [0, 0.1) is 0 Å². The summed E-state index contributed by atoms with van der Waals surface area (Å²) in [7, 11) is 0. The Morgan fingerprint density at radius 3 is 2.85 bits per heavy atom. The second-order valence-electron chi connectivity index (χ2n) is 4.80. The first-order valence-electron chi connectivity index (χ1n) is 6.77. The average molecular weight is 333 g/mol. The first-order valence-corrected chi connectivity index (χ1v) is 7.57. The highest BCUT2D eigenvalue weighted by molar-refractivity contribution is 9.10. The van der Waals surface area contributed by atoms with Gasteiger partial charge in [-0.25, -0.2) is 0 Å². The Morgan fingerprint density at radius 1 is 1.20 bits per heavy atom. The molecule has 104 valence electrons. The van der Waals surface area contributed by atoms with Crippen molar-refractivity contribution in [1.29, 1.82) is 0 Å². The van der Waals surface area contributed by atoms with E-state index in [4.69, 9.17) is 10.5 Å². The first kappa shape index (κ1) is 13.5. The Morgan fingerprint density at radius 2 is 2.05 bits per heavy atom. The lowest BCUT2D eigenvalue weighted by Crippen LogP contribution is -2.17. The predicted molar refractivity (Wildman–Crippen MR) is 85.6 cm³/mol. The molecule has 1 heterocycles. The number of nitrogens with two attached hydrogens (primary N) is 1. The molecule has 2 aromatic carbocycles. The van der Waals surface area contributed by atoms with Crippen LogP contribution in [0.4, 0.5) is 11.4 Å². The molecule has 3 nitrogen and oxygen atoms in total. The zero-order valence-electron chi connectivity index (χ0n) is 11.2. The summed E-state index contributed by atoms with van der Waals surface area (Å²) in [5.74, 6) is 0.948. The largest absolute Gasteiger partial charge is 0.491 e. The van der Waals surface area contributed by atoms with Crippen molar-refractivity contribution in [3.8, 4) is 5.75 Å². The molecule has 0 aromatic heterocycles. The van der Waals surface area contributed by atoms with Gasteiger partial charge in [-0.3, -0.25) is 0 Å². The topological polar surface area (TPSA) is 38.5 Å². The summed E-state index contributed by atoms with van der Waals surface area (Å²) in [6.45, 7) is 2.25. The second kappa shape index (κ2) is 5.85. The molecule has 2 N–H and O–H groups in total. The molecule has 0 aliphatic carbocycles. The Bertz CT molecular complexity index is 615. The van der Waals surface area contributed by atoms with Gasteiger partial charge in [-0.05, 0) is 36.2 Å². The van der Waals surface area contributed by atoms with Crippen LogP contribution >= 0.6 is 15.9 Å². The van der Waals surface area contributed by atoms with E-state index in [1.807, 2.05) is 18.2 Å². The van der Waals surface area contributed by atoms with Crippen LogP contribution in [-0.4, -0.2) is 13.2 Å². The summed E-state index contributed by atoms with van der Waals surface area (Å²) < 4.78 is 6.86. The van der Waals surface area contributed by atoms with Crippen molar-refractivity contribution in [2.45, 2.75) is 13.0 Å². The summed E-state index contributed by atoms with van der Waals surface area (Å²) in [5.41, 5.74) is 9.12. The molecule has 1 aliphatic rings. The van der Waals surface area contributed by atoms with Gasteiger partial charge in [0.05, 0.1) is 12.3 Å². The number of benzene rings is 2. The Kier molecular flexibility index (Phi) is 3.94. The molecule has 0 saturated heterocycles. The SMILES string of the molecule is NCc1ccc(N2CCCOc3ccccc32)cc1Br. The van der Waals surface area contributed by atoms with Crippen molar-refractivity contribution in [1.82, 2.24) is 0 Å². The van der Waals surface area contributed by atoms with Gasteiger partial charge < -0.3 is 15.4 Å². The fraction of sp³-hybridized carbons (Fsp3) is 0.250. The fourth-order valence-corrected chi connectivity index (χ4v) is 2.99. The van der Waals surface area contributed by atoms with Crippen LogP contribution in [-0.2, 0) is 6.54 Å². The van der Waals surface area contributed by atoms with Crippen molar-refractivity contribution in [2.24, 2.45) is 5.73 Å². The Labute approximate surface area is 127 Å². The lowest BCUT2D eigenvalue weighted by Gasteiger charge is -2.24. The number of halogens is 1. The van der Waals surface area contributed by atoms with E-state index in [-0.39, 0.29) is 0 Å². The number of rotatable bonds is 2. The van der Waals surface area contributed by atoms with Crippen LogP contribution in [0.15, 0.2) is 46.9 Å². The van der Waals surface area contributed by atoms with Crippen LogP contribution in [0.25, 0.3) is 0 Å². The van der Waals surface area contributed by atoms with E-state index in [9.17, 15) is 0 Å². The molecule has 20 heavy (non-hydrogen) atoms. The number of fused-ring (bicyclic) bond motifs is 1. The van der Waals surface area contributed by atoms with Gasteiger partial charge in [0.2, 0.25) is 0 Å². The lowest BCUT2D eigenvalue weighted by atomic mass is 10.1. The zero-order chi connectivity index (χ0) is 13.9. The molecule has 0 amide bonds. The summed E-state index contributed by atoms with van der Waals surface area (Å²) >= 11 is 3.60. The van der Waals surface area contributed by atoms with Crippen molar-refractivity contribution < 1.29 is 4.74 Å². The summed E-state index contributed by atoms with van der Waals surface area (Å²) in [6, 6.07) is 14.5. The van der Waals surface area contributed by atoms with E-state index in [0.717, 1.165) is 46.7 Å². The Hall–Kier alpha value is -1.52. The maximum Gasteiger partial charge on any atom is 0.142 e. The van der Waals surface area contributed by atoms with Gasteiger partial charge in [-0.2, -0.15) is 0 Å². The van der Waals surface area contributed by atoms with Crippen LogP contribution < -0.4 is 15.4 Å². The van der Waals surface area contributed by atoms with Gasteiger partial charge in [-0.1, -0.05) is 34.1 Å². The third-order valence-electron chi connectivity index (χ3n) is 3.51. The predicted octanol–water partition coefficient (Wildman–Crippen LogP) is 3.83. The summed E-state index contributed by atoms with van der Waals surface area (Å²) in [5, 5.41) is 0.